The molecule has 0 bridgehead atoms. The summed E-state index contributed by atoms with van der Waals surface area (Å²) in [5.41, 5.74) is 2.61. The summed E-state index contributed by atoms with van der Waals surface area (Å²) in [6.07, 6.45) is 6.65. The normalized spacial score (nSPS) is 23.4. The molecule has 0 amide bonds. The van der Waals surface area contributed by atoms with E-state index >= 15 is 0 Å². The van der Waals surface area contributed by atoms with Crippen LogP contribution in [0.4, 0.5) is 0 Å². The van der Waals surface area contributed by atoms with Gasteiger partial charge in [-0.25, -0.2) is 0 Å². The molecule has 1 aromatic carbocycles. The quantitative estimate of drug-likeness (QED) is 0.727. The topological polar surface area (TPSA) is 12.5 Å². The van der Waals surface area contributed by atoms with Crippen molar-refractivity contribution >= 4 is 0 Å². The fourth-order valence-electron chi connectivity index (χ4n) is 3.26. The lowest BCUT2D eigenvalue weighted by molar-refractivity contribution is -0.0726. The van der Waals surface area contributed by atoms with E-state index in [2.05, 4.69) is 69.3 Å². The standard InChI is InChI=1S/C18H27NO/c1-5-9-15(2)18(12-8-13-19(3)4)17-11-7-6-10-16(17)14-20-18/h5-7,9-11,15H,8,12-14H2,1-4H3/b9-5-. The van der Waals surface area contributed by atoms with Crippen molar-refractivity contribution in [2.45, 2.75) is 38.9 Å². The van der Waals surface area contributed by atoms with E-state index in [4.69, 9.17) is 4.74 Å². The molecule has 2 nitrogen and oxygen atoms in total. The molecule has 0 aliphatic carbocycles. The summed E-state index contributed by atoms with van der Waals surface area (Å²) in [5, 5.41) is 0. The lowest BCUT2D eigenvalue weighted by Gasteiger charge is -2.35. The number of nitrogens with zero attached hydrogens (tertiary/aromatic N) is 1. The minimum atomic E-state index is -0.140. The van der Waals surface area contributed by atoms with Crippen LogP contribution in [-0.4, -0.2) is 25.5 Å². The molecule has 2 heteroatoms. The lowest BCUT2D eigenvalue weighted by Crippen LogP contribution is -2.33. The van der Waals surface area contributed by atoms with Crippen LogP contribution in [0.3, 0.4) is 0 Å². The highest BCUT2D eigenvalue weighted by Crippen LogP contribution is 2.46. The first-order valence-corrected chi connectivity index (χ1v) is 7.60. The Labute approximate surface area is 123 Å². The Morgan fingerprint density at radius 2 is 2.10 bits per heavy atom. The molecule has 0 fully saturated rings. The van der Waals surface area contributed by atoms with Crippen LogP contribution in [0, 0.1) is 5.92 Å². The molecular formula is C18H27NO. The Morgan fingerprint density at radius 1 is 1.35 bits per heavy atom. The average molecular weight is 273 g/mol. The van der Waals surface area contributed by atoms with Crippen LogP contribution in [0.1, 0.15) is 37.8 Å². The first-order chi connectivity index (χ1) is 9.60. The molecule has 1 heterocycles. The summed E-state index contributed by atoms with van der Waals surface area (Å²) >= 11 is 0. The van der Waals surface area contributed by atoms with Crippen LogP contribution in [0.2, 0.25) is 0 Å². The summed E-state index contributed by atoms with van der Waals surface area (Å²) in [6, 6.07) is 8.69. The highest BCUT2D eigenvalue weighted by Gasteiger charge is 2.42. The lowest BCUT2D eigenvalue weighted by atomic mass is 9.78. The number of hydrogen-bond donors (Lipinski definition) is 0. The van der Waals surface area contributed by atoms with Gasteiger partial charge in [0, 0.05) is 5.92 Å². The van der Waals surface area contributed by atoms with E-state index in [1.54, 1.807) is 0 Å². The van der Waals surface area contributed by atoms with Crippen molar-refractivity contribution in [3.05, 3.63) is 47.5 Å². The van der Waals surface area contributed by atoms with Crippen molar-refractivity contribution in [1.82, 2.24) is 4.90 Å². The van der Waals surface area contributed by atoms with E-state index in [1.165, 1.54) is 11.1 Å². The van der Waals surface area contributed by atoms with Gasteiger partial charge in [0.05, 0.1) is 12.2 Å². The second kappa shape index (κ2) is 6.55. The predicted octanol–water partition coefficient (Wildman–Crippen LogP) is 3.97. The summed E-state index contributed by atoms with van der Waals surface area (Å²) < 4.78 is 6.34. The van der Waals surface area contributed by atoms with Gasteiger partial charge in [0.25, 0.3) is 0 Å². The van der Waals surface area contributed by atoms with Gasteiger partial charge in [0.1, 0.15) is 0 Å². The zero-order valence-electron chi connectivity index (χ0n) is 13.2. The van der Waals surface area contributed by atoms with Crippen LogP contribution in [0.5, 0.6) is 0 Å². The molecule has 0 saturated carbocycles. The maximum absolute atomic E-state index is 6.34. The SMILES string of the molecule is C/C=C\C(C)C1(CCCN(C)C)OCc2ccccc21. The molecule has 110 valence electrons. The molecule has 2 atom stereocenters. The number of hydrogen-bond acceptors (Lipinski definition) is 2. The fourth-order valence-corrected chi connectivity index (χ4v) is 3.26. The Hall–Kier alpha value is -1.12. The van der Waals surface area contributed by atoms with Gasteiger partial charge in [-0.2, -0.15) is 0 Å². The third kappa shape index (κ3) is 2.97. The number of fused-ring (bicyclic) bond motifs is 1. The van der Waals surface area contributed by atoms with E-state index in [0.717, 1.165) is 26.0 Å². The molecule has 2 unspecified atom stereocenters. The van der Waals surface area contributed by atoms with Crippen LogP contribution in [-0.2, 0) is 16.9 Å². The van der Waals surface area contributed by atoms with Gasteiger partial charge in [-0.3, -0.25) is 0 Å². The Morgan fingerprint density at radius 3 is 2.80 bits per heavy atom. The second-order valence-electron chi connectivity index (χ2n) is 6.06. The molecule has 0 saturated heterocycles. The molecular weight excluding hydrogens is 246 g/mol. The van der Waals surface area contributed by atoms with E-state index in [-0.39, 0.29) is 5.60 Å². The Balaban J connectivity index is 2.26. The van der Waals surface area contributed by atoms with Gasteiger partial charge in [-0.05, 0) is 51.5 Å². The van der Waals surface area contributed by atoms with Gasteiger partial charge in [-0.15, -0.1) is 0 Å². The molecule has 1 aromatic rings. The minimum absolute atomic E-state index is 0.140. The predicted molar refractivity (Wildman–Crippen MR) is 84.7 cm³/mol. The van der Waals surface area contributed by atoms with Gasteiger partial charge in [0.2, 0.25) is 0 Å². The Kier molecular flexibility index (Phi) is 5.00. The molecule has 0 spiro atoms. The maximum Gasteiger partial charge on any atom is 0.0999 e. The van der Waals surface area contributed by atoms with Crippen molar-refractivity contribution < 1.29 is 4.74 Å². The number of allylic oxidation sites excluding steroid dienone is 1. The number of ether oxygens (including phenoxy) is 1. The summed E-state index contributed by atoms with van der Waals surface area (Å²) in [4.78, 5) is 2.24. The van der Waals surface area contributed by atoms with Crippen LogP contribution >= 0.6 is 0 Å². The monoisotopic (exact) mass is 273 g/mol. The zero-order valence-corrected chi connectivity index (χ0v) is 13.2. The van der Waals surface area contributed by atoms with Crippen molar-refractivity contribution in [3.63, 3.8) is 0 Å². The van der Waals surface area contributed by atoms with E-state index in [1.807, 2.05) is 0 Å². The maximum atomic E-state index is 6.34. The molecule has 2 rings (SSSR count). The van der Waals surface area contributed by atoms with Crippen LogP contribution in [0.25, 0.3) is 0 Å². The minimum Gasteiger partial charge on any atom is -0.365 e. The molecule has 20 heavy (non-hydrogen) atoms. The fraction of sp³-hybridized carbons (Fsp3) is 0.556. The summed E-state index contributed by atoms with van der Waals surface area (Å²) in [6.45, 7) is 6.22. The third-order valence-corrected chi connectivity index (χ3v) is 4.33. The van der Waals surface area contributed by atoms with Gasteiger partial charge in [-0.1, -0.05) is 43.3 Å². The third-order valence-electron chi connectivity index (χ3n) is 4.33. The number of rotatable bonds is 6. The summed E-state index contributed by atoms with van der Waals surface area (Å²) in [5.74, 6) is 0.401. The average Bonchev–Trinajstić information content (AvgIpc) is 2.79. The molecule has 0 radical (unpaired) electrons. The molecule has 0 aromatic heterocycles. The van der Waals surface area contributed by atoms with Crippen LogP contribution in [0.15, 0.2) is 36.4 Å². The van der Waals surface area contributed by atoms with E-state index in [9.17, 15) is 0 Å². The zero-order chi connectivity index (χ0) is 14.6. The smallest absolute Gasteiger partial charge is 0.0999 e. The van der Waals surface area contributed by atoms with Crippen molar-refractivity contribution in [2.75, 3.05) is 20.6 Å². The summed E-state index contributed by atoms with van der Waals surface area (Å²) in [7, 11) is 4.26. The van der Waals surface area contributed by atoms with E-state index in [0.29, 0.717) is 5.92 Å². The molecule has 0 N–H and O–H groups in total. The first kappa shape index (κ1) is 15.3. The van der Waals surface area contributed by atoms with E-state index < -0.39 is 0 Å². The highest BCUT2D eigenvalue weighted by molar-refractivity contribution is 5.36. The van der Waals surface area contributed by atoms with Gasteiger partial charge >= 0.3 is 0 Å². The van der Waals surface area contributed by atoms with Crippen LogP contribution < -0.4 is 0 Å². The van der Waals surface area contributed by atoms with Crippen molar-refractivity contribution in [2.24, 2.45) is 5.92 Å². The largest absolute Gasteiger partial charge is 0.365 e. The molecule has 1 aliphatic rings. The first-order valence-electron chi connectivity index (χ1n) is 7.60. The number of benzene rings is 1. The van der Waals surface area contributed by atoms with Crippen molar-refractivity contribution in [1.29, 1.82) is 0 Å². The second-order valence-corrected chi connectivity index (χ2v) is 6.06. The van der Waals surface area contributed by atoms with Crippen molar-refractivity contribution in [3.8, 4) is 0 Å². The Bertz CT molecular complexity index is 466. The van der Waals surface area contributed by atoms with Gasteiger partial charge in [0.15, 0.2) is 0 Å². The highest BCUT2D eigenvalue weighted by atomic mass is 16.5. The van der Waals surface area contributed by atoms with Gasteiger partial charge < -0.3 is 9.64 Å². The molecule has 1 aliphatic heterocycles.